The van der Waals surface area contributed by atoms with Crippen LogP contribution in [0.25, 0.3) is 6.08 Å². The highest BCUT2D eigenvalue weighted by atomic mass is 16.6. The van der Waals surface area contributed by atoms with Crippen LogP contribution >= 0.6 is 0 Å². The van der Waals surface area contributed by atoms with Crippen molar-refractivity contribution >= 4 is 17.8 Å². The summed E-state index contributed by atoms with van der Waals surface area (Å²) in [5.41, 5.74) is 2.57. The van der Waals surface area contributed by atoms with Crippen LogP contribution in [-0.4, -0.2) is 37.1 Å². The lowest BCUT2D eigenvalue weighted by Crippen LogP contribution is -2.22. The third-order valence-electron chi connectivity index (χ3n) is 6.01. The van der Waals surface area contributed by atoms with Crippen molar-refractivity contribution in [2.75, 3.05) is 20.3 Å². The molecule has 0 spiro atoms. The summed E-state index contributed by atoms with van der Waals surface area (Å²) in [5, 5.41) is 0. The van der Waals surface area contributed by atoms with Crippen molar-refractivity contribution in [1.82, 2.24) is 4.98 Å². The van der Waals surface area contributed by atoms with Crippen LogP contribution in [0.3, 0.4) is 0 Å². The summed E-state index contributed by atoms with van der Waals surface area (Å²) in [5.74, 6) is 1.49. The zero-order valence-electron chi connectivity index (χ0n) is 18.2. The van der Waals surface area contributed by atoms with Crippen LogP contribution in [0.5, 0.6) is 28.7 Å². The number of benzene rings is 2. The van der Waals surface area contributed by atoms with Gasteiger partial charge in [-0.05, 0) is 47.5 Å². The number of methoxy groups -OCH3 is 1. The SMILES string of the molecule is COc1cc([C@@H]2CC(=O)Oc3ccc4c(c32)O/C(=C/c2cccnc2)C4=O)cc2c1OCCO2. The summed E-state index contributed by atoms with van der Waals surface area (Å²) in [7, 11) is 1.55. The molecule has 6 rings (SSSR count). The molecule has 170 valence electrons. The van der Waals surface area contributed by atoms with Crippen LogP contribution < -0.4 is 23.7 Å². The van der Waals surface area contributed by atoms with Crippen LogP contribution in [-0.2, 0) is 4.79 Å². The fourth-order valence-electron chi connectivity index (χ4n) is 4.50. The van der Waals surface area contributed by atoms with E-state index >= 15 is 0 Å². The molecular formula is C26H19NO7. The van der Waals surface area contributed by atoms with E-state index < -0.39 is 5.92 Å². The van der Waals surface area contributed by atoms with Crippen molar-refractivity contribution in [3.8, 4) is 28.7 Å². The number of rotatable bonds is 3. The molecule has 4 heterocycles. The molecule has 0 bridgehead atoms. The molecule has 0 radical (unpaired) electrons. The molecular weight excluding hydrogens is 438 g/mol. The summed E-state index contributed by atoms with van der Waals surface area (Å²) in [4.78, 5) is 29.7. The molecule has 0 fully saturated rings. The molecule has 0 N–H and O–H groups in total. The number of pyridine rings is 1. The lowest BCUT2D eigenvalue weighted by molar-refractivity contribution is -0.135. The van der Waals surface area contributed by atoms with Gasteiger partial charge in [-0.15, -0.1) is 0 Å². The molecule has 3 aliphatic rings. The van der Waals surface area contributed by atoms with E-state index in [1.54, 1.807) is 43.8 Å². The van der Waals surface area contributed by atoms with Gasteiger partial charge in [0.05, 0.1) is 19.1 Å². The van der Waals surface area contributed by atoms with Gasteiger partial charge in [0.25, 0.3) is 0 Å². The molecule has 3 aliphatic heterocycles. The van der Waals surface area contributed by atoms with Gasteiger partial charge in [0.2, 0.25) is 11.5 Å². The van der Waals surface area contributed by atoms with E-state index in [2.05, 4.69) is 4.98 Å². The van der Waals surface area contributed by atoms with Gasteiger partial charge in [0, 0.05) is 23.9 Å². The Morgan fingerprint density at radius 2 is 1.91 bits per heavy atom. The third kappa shape index (κ3) is 3.26. The normalized spacial score (nSPS) is 19.2. The number of ether oxygens (including phenoxy) is 5. The van der Waals surface area contributed by atoms with Crippen LogP contribution in [0, 0.1) is 0 Å². The van der Waals surface area contributed by atoms with Gasteiger partial charge in [0.1, 0.15) is 24.7 Å². The minimum absolute atomic E-state index is 0.0749. The predicted molar refractivity (Wildman–Crippen MR) is 120 cm³/mol. The monoisotopic (exact) mass is 457 g/mol. The first-order valence-corrected chi connectivity index (χ1v) is 10.8. The van der Waals surface area contributed by atoms with Crippen LogP contribution in [0.4, 0.5) is 0 Å². The highest BCUT2D eigenvalue weighted by Gasteiger charge is 2.39. The number of esters is 1. The Bertz CT molecular complexity index is 1350. The minimum Gasteiger partial charge on any atom is -0.493 e. The lowest BCUT2D eigenvalue weighted by Gasteiger charge is -2.28. The van der Waals surface area contributed by atoms with Crippen molar-refractivity contribution in [1.29, 1.82) is 0 Å². The van der Waals surface area contributed by atoms with Gasteiger partial charge >= 0.3 is 5.97 Å². The first-order valence-electron chi connectivity index (χ1n) is 10.8. The van der Waals surface area contributed by atoms with Gasteiger partial charge < -0.3 is 23.7 Å². The first kappa shape index (κ1) is 20.3. The van der Waals surface area contributed by atoms with Gasteiger partial charge in [-0.1, -0.05) is 6.07 Å². The highest BCUT2D eigenvalue weighted by molar-refractivity contribution is 6.15. The van der Waals surface area contributed by atoms with Crippen LogP contribution in [0.15, 0.2) is 54.6 Å². The smallest absolute Gasteiger partial charge is 0.312 e. The quantitative estimate of drug-likeness (QED) is 0.332. The van der Waals surface area contributed by atoms with Crippen molar-refractivity contribution in [3.63, 3.8) is 0 Å². The summed E-state index contributed by atoms with van der Waals surface area (Å²) >= 11 is 0. The minimum atomic E-state index is -0.429. The van der Waals surface area contributed by atoms with E-state index in [0.29, 0.717) is 53.1 Å². The van der Waals surface area contributed by atoms with E-state index in [9.17, 15) is 9.59 Å². The predicted octanol–water partition coefficient (Wildman–Crippen LogP) is 3.92. The van der Waals surface area contributed by atoms with Crippen molar-refractivity contribution in [2.24, 2.45) is 0 Å². The van der Waals surface area contributed by atoms with Gasteiger partial charge in [0.15, 0.2) is 17.3 Å². The molecule has 2 aromatic carbocycles. The molecule has 0 saturated heterocycles. The molecule has 1 aromatic heterocycles. The van der Waals surface area contributed by atoms with Crippen LogP contribution in [0.2, 0.25) is 0 Å². The number of Topliss-reactive ketones (excluding diaryl/α,β-unsaturated/α-hetero) is 1. The average molecular weight is 457 g/mol. The Hall–Kier alpha value is -4.33. The van der Waals surface area contributed by atoms with Gasteiger partial charge in [-0.2, -0.15) is 0 Å². The second-order valence-corrected chi connectivity index (χ2v) is 8.06. The summed E-state index contributed by atoms with van der Waals surface area (Å²) in [6.45, 7) is 0.842. The zero-order chi connectivity index (χ0) is 23.2. The maximum atomic E-state index is 13.1. The molecule has 8 nitrogen and oxygen atoms in total. The molecule has 3 aromatic rings. The number of hydrogen-bond donors (Lipinski definition) is 0. The van der Waals surface area contributed by atoms with E-state index in [4.69, 9.17) is 23.7 Å². The molecule has 0 unspecified atom stereocenters. The molecule has 8 heteroatoms. The summed E-state index contributed by atoms with van der Waals surface area (Å²) in [6, 6.07) is 10.5. The second kappa shape index (κ2) is 7.91. The maximum Gasteiger partial charge on any atom is 0.312 e. The van der Waals surface area contributed by atoms with E-state index in [1.807, 2.05) is 18.2 Å². The Kier molecular flexibility index (Phi) is 4.72. The number of fused-ring (bicyclic) bond motifs is 4. The zero-order valence-corrected chi connectivity index (χ0v) is 18.2. The molecule has 0 amide bonds. The number of ketones is 1. The standard InChI is InChI=1S/C26H19NO7/c1-30-20-10-15(11-21-26(20)32-8-7-31-21)17-12-22(28)33-18-5-4-16-24(29)19(34-25(16)23(17)18)9-14-3-2-6-27-13-14/h2-6,9-11,13,17H,7-8,12H2,1H3/b19-9+/t17-/m0/s1. The number of nitrogens with zero attached hydrogens (tertiary/aromatic N) is 1. The second-order valence-electron chi connectivity index (χ2n) is 8.06. The number of carbonyl (C=O) groups is 2. The lowest BCUT2D eigenvalue weighted by atomic mass is 9.84. The van der Waals surface area contributed by atoms with Gasteiger partial charge in [-0.25, -0.2) is 0 Å². The number of hydrogen-bond acceptors (Lipinski definition) is 8. The largest absolute Gasteiger partial charge is 0.493 e. The van der Waals surface area contributed by atoms with Crippen molar-refractivity contribution < 1.29 is 33.3 Å². The molecule has 0 aliphatic carbocycles. The third-order valence-corrected chi connectivity index (χ3v) is 6.01. The fourth-order valence-corrected chi connectivity index (χ4v) is 4.50. The van der Waals surface area contributed by atoms with Crippen LogP contribution in [0.1, 0.15) is 39.4 Å². The molecule has 1 atom stereocenters. The summed E-state index contributed by atoms with van der Waals surface area (Å²) in [6.07, 6.45) is 5.03. The number of allylic oxidation sites excluding steroid dienone is 1. The topological polar surface area (TPSA) is 93.2 Å². The Balaban J connectivity index is 1.48. The summed E-state index contributed by atoms with van der Waals surface area (Å²) < 4.78 is 28.6. The highest BCUT2D eigenvalue weighted by Crippen LogP contribution is 2.51. The van der Waals surface area contributed by atoms with Crippen molar-refractivity contribution in [3.05, 3.63) is 76.8 Å². The van der Waals surface area contributed by atoms with Gasteiger partial charge in [-0.3, -0.25) is 14.6 Å². The number of carbonyl (C=O) groups excluding carboxylic acids is 2. The van der Waals surface area contributed by atoms with Crippen molar-refractivity contribution in [2.45, 2.75) is 12.3 Å². The Morgan fingerprint density at radius 1 is 1.03 bits per heavy atom. The van der Waals surface area contributed by atoms with E-state index in [-0.39, 0.29) is 23.9 Å². The first-order chi connectivity index (χ1) is 16.6. The Labute approximate surface area is 194 Å². The molecule has 0 saturated carbocycles. The number of aromatic nitrogens is 1. The molecule has 34 heavy (non-hydrogen) atoms. The van der Waals surface area contributed by atoms with E-state index in [0.717, 1.165) is 11.1 Å². The maximum absolute atomic E-state index is 13.1. The van der Waals surface area contributed by atoms with E-state index in [1.165, 1.54) is 0 Å². The Morgan fingerprint density at radius 3 is 2.74 bits per heavy atom. The average Bonchev–Trinajstić information content (AvgIpc) is 3.18. The fraction of sp³-hybridized carbons (Fsp3) is 0.192.